The lowest BCUT2D eigenvalue weighted by Gasteiger charge is -2.29. The van der Waals surface area contributed by atoms with E-state index < -0.39 is 22.5 Å². The van der Waals surface area contributed by atoms with Crippen molar-refractivity contribution in [2.24, 2.45) is 0 Å². The van der Waals surface area contributed by atoms with Gasteiger partial charge in [0.1, 0.15) is 6.54 Å². The predicted octanol–water partition coefficient (Wildman–Crippen LogP) is 4.34. The molecule has 1 fully saturated rings. The topological polar surface area (TPSA) is 79.0 Å². The van der Waals surface area contributed by atoms with Gasteiger partial charge in [-0.05, 0) is 48.0 Å². The molecule has 35 heavy (non-hydrogen) atoms. The summed E-state index contributed by atoms with van der Waals surface area (Å²) >= 11 is 12.2. The van der Waals surface area contributed by atoms with Crippen LogP contribution >= 0.6 is 23.2 Å². The fourth-order valence-electron chi connectivity index (χ4n) is 3.75. The normalized spacial score (nSPS) is 13.9. The lowest BCUT2D eigenvalue weighted by Crippen LogP contribution is -2.40. The molecule has 0 radical (unpaired) electrons. The Labute approximate surface area is 215 Å². The number of sulfonamides is 1. The third-order valence-electron chi connectivity index (χ3n) is 5.56. The van der Waals surface area contributed by atoms with E-state index in [1.165, 1.54) is 30.3 Å². The molecule has 0 aliphatic carbocycles. The van der Waals surface area contributed by atoms with E-state index in [-0.39, 0.29) is 27.2 Å². The van der Waals surface area contributed by atoms with Gasteiger partial charge in [0.25, 0.3) is 10.0 Å². The van der Waals surface area contributed by atoms with Crippen LogP contribution in [0, 0.1) is 0 Å². The summed E-state index contributed by atoms with van der Waals surface area (Å²) in [6.07, 6.45) is 0. The first-order valence-electron chi connectivity index (χ1n) is 11.1. The number of carbonyl (C=O) groups excluding carboxylic acids is 1. The molecule has 0 unspecified atom stereocenters. The third kappa shape index (κ3) is 6.46. The maximum atomic E-state index is 13.4. The maximum Gasteiger partial charge on any atom is 0.264 e. The van der Waals surface area contributed by atoms with Crippen LogP contribution in [0.4, 0.5) is 11.4 Å². The zero-order valence-electron chi connectivity index (χ0n) is 18.9. The van der Waals surface area contributed by atoms with E-state index >= 15 is 0 Å². The first-order chi connectivity index (χ1) is 16.8. The summed E-state index contributed by atoms with van der Waals surface area (Å²) in [4.78, 5) is 15.2. The van der Waals surface area contributed by atoms with Crippen molar-refractivity contribution >= 4 is 50.5 Å². The van der Waals surface area contributed by atoms with Crippen molar-refractivity contribution in [3.8, 4) is 0 Å². The number of anilines is 2. The van der Waals surface area contributed by atoms with Crippen molar-refractivity contribution in [3.63, 3.8) is 0 Å². The van der Waals surface area contributed by atoms with Crippen LogP contribution < -0.4 is 14.5 Å². The Morgan fingerprint density at radius 3 is 2.20 bits per heavy atom. The number of rotatable bonds is 8. The number of amides is 1. The predicted molar refractivity (Wildman–Crippen MR) is 139 cm³/mol. The first kappa shape index (κ1) is 25.3. The molecule has 3 aromatic rings. The zero-order valence-corrected chi connectivity index (χ0v) is 21.2. The molecule has 10 heteroatoms. The van der Waals surface area contributed by atoms with Gasteiger partial charge in [0.15, 0.2) is 0 Å². The van der Waals surface area contributed by atoms with E-state index in [1.807, 2.05) is 24.3 Å². The lowest BCUT2D eigenvalue weighted by atomic mass is 10.2. The number of hydrogen-bond donors (Lipinski definition) is 1. The van der Waals surface area contributed by atoms with Crippen molar-refractivity contribution in [1.82, 2.24) is 5.32 Å². The molecule has 4 rings (SSSR count). The molecular weight excluding hydrogens is 509 g/mol. The lowest BCUT2D eigenvalue weighted by molar-refractivity contribution is -0.119. The van der Waals surface area contributed by atoms with Gasteiger partial charge in [-0.1, -0.05) is 53.5 Å². The molecule has 7 nitrogen and oxygen atoms in total. The SMILES string of the molecule is O=C(CN(c1cc(Cl)cc(Cl)c1)S(=O)(=O)c1ccccc1)NCc1ccc(N2CCOCC2)cc1. The molecule has 0 atom stereocenters. The van der Waals surface area contributed by atoms with Gasteiger partial charge in [-0.3, -0.25) is 9.10 Å². The van der Waals surface area contributed by atoms with Crippen LogP contribution in [0.1, 0.15) is 5.56 Å². The minimum absolute atomic E-state index is 0.0580. The highest BCUT2D eigenvalue weighted by atomic mass is 35.5. The summed E-state index contributed by atoms with van der Waals surface area (Å²) in [6, 6.07) is 20.2. The average molecular weight is 534 g/mol. The van der Waals surface area contributed by atoms with Gasteiger partial charge in [-0.2, -0.15) is 0 Å². The molecule has 1 aliphatic rings. The van der Waals surface area contributed by atoms with Crippen molar-refractivity contribution in [2.45, 2.75) is 11.4 Å². The number of halogens is 2. The molecule has 1 saturated heterocycles. The zero-order chi connectivity index (χ0) is 24.8. The van der Waals surface area contributed by atoms with E-state index in [0.717, 1.165) is 28.6 Å². The van der Waals surface area contributed by atoms with Crippen LogP contribution in [0.15, 0.2) is 77.7 Å². The molecule has 1 heterocycles. The third-order valence-corrected chi connectivity index (χ3v) is 7.78. The molecule has 0 saturated carbocycles. The summed E-state index contributed by atoms with van der Waals surface area (Å²) in [7, 11) is -4.04. The van der Waals surface area contributed by atoms with Gasteiger partial charge in [0.05, 0.1) is 23.8 Å². The Morgan fingerprint density at radius 2 is 1.57 bits per heavy atom. The molecule has 0 spiro atoms. The second-order valence-corrected chi connectivity index (χ2v) is 10.7. The van der Waals surface area contributed by atoms with E-state index in [1.54, 1.807) is 18.2 Å². The molecule has 0 bridgehead atoms. The van der Waals surface area contributed by atoms with Crippen LogP contribution in [0.5, 0.6) is 0 Å². The van der Waals surface area contributed by atoms with Crippen LogP contribution in [-0.2, 0) is 26.1 Å². The van der Waals surface area contributed by atoms with Crippen LogP contribution in [0.2, 0.25) is 10.0 Å². The summed E-state index contributed by atoms with van der Waals surface area (Å²) < 4.78 is 33.2. The van der Waals surface area contributed by atoms with Crippen molar-refractivity contribution in [2.75, 3.05) is 42.1 Å². The Bertz CT molecular complexity index is 1250. The van der Waals surface area contributed by atoms with Crippen LogP contribution in [0.25, 0.3) is 0 Å². The molecule has 1 N–H and O–H groups in total. The van der Waals surface area contributed by atoms with E-state index in [4.69, 9.17) is 27.9 Å². The van der Waals surface area contributed by atoms with Gasteiger partial charge < -0.3 is 15.0 Å². The Hall–Kier alpha value is -2.78. The summed E-state index contributed by atoms with van der Waals surface area (Å²) in [6.45, 7) is 2.93. The fourth-order valence-corrected chi connectivity index (χ4v) is 5.69. The molecule has 1 amide bonds. The van der Waals surface area contributed by atoms with Gasteiger partial charge in [0, 0.05) is 35.4 Å². The second-order valence-electron chi connectivity index (χ2n) is 7.99. The quantitative estimate of drug-likeness (QED) is 0.465. The van der Waals surface area contributed by atoms with Crippen LogP contribution in [-0.4, -0.2) is 47.2 Å². The molecule has 1 aliphatic heterocycles. The Balaban J connectivity index is 1.48. The number of hydrogen-bond acceptors (Lipinski definition) is 5. The Morgan fingerprint density at radius 1 is 0.943 bits per heavy atom. The number of nitrogens with one attached hydrogen (secondary N) is 1. The second kappa shape index (κ2) is 11.3. The minimum atomic E-state index is -4.04. The van der Waals surface area contributed by atoms with E-state index in [9.17, 15) is 13.2 Å². The highest BCUT2D eigenvalue weighted by Crippen LogP contribution is 2.29. The molecule has 184 valence electrons. The van der Waals surface area contributed by atoms with Gasteiger partial charge >= 0.3 is 0 Å². The van der Waals surface area contributed by atoms with Gasteiger partial charge in [-0.25, -0.2) is 8.42 Å². The first-order valence-corrected chi connectivity index (χ1v) is 13.2. The summed E-state index contributed by atoms with van der Waals surface area (Å²) in [5.41, 5.74) is 2.20. The summed E-state index contributed by atoms with van der Waals surface area (Å²) in [5.74, 6) is -0.460. The molecule has 3 aromatic carbocycles. The van der Waals surface area contributed by atoms with E-state index in [0.29, 0.717) is 13.2 Å². The van der Waals surface area contributed by atoms with E-state index in [2.05, 4.69) is 10.2 Å². The van der Waals surface area contributed by atoms with Crippen molar-refractivity contribution in [3.05, 3.63) is 88.4 Å². The fraction of sp³-hybridized carbons (Fsp3) is 0.240. The van der Waals surface area contributed by atoms with Crippen molar-refractivity contribution in [1.29, 1.82) is 0 Å². The minimum Gasteiger partial charge on any atom is -0.378 e. The van der Waals surface area contributed by atoms with Gasteiger partial charge in [-0.15, -0.1) is 0 Å². The molecule has 0 aromatic heterocycles. The summed E-state index contributed by atoms with van der Waals surface area (Å²) in [5, 5.41) is 3.34. The average Bonchev–Trinajstić information content (AvgIpc) is 2.86. The van der Waals surface area contributed by atoms with Gasteiger partial charge in [0.2, 0.25) is 5.91 Å². The monoisotopic (exact) mass is 533 g/mol. The highest BCUT2D eigenvalue weighted by Gasteiger charge is 2.27. The number of ether oxygens (including phenoxy) is 1. The highest BCUT2D eigenvalue weighted by molar-refractivity contribution is 7.92. The maximum absolute atomic E-state index is 13.4. The Kier molecular flexibility index (Phi) is 8.18. The molecular formula is C25H25Cl2N3O4S. The van der Waals surface area contributed by atoms with Crippen LogP contribution in [0.3, 0.4) is 0 Å². The number of morpholine rings is 1. The number of benzene rings is 3. The largest absolute Gasteiger partial charge is 0.378 e. The van der Waals surface area contributed by atoms with Crippen molar-refractivity contribution < 1.29 is 17.9 Å². The smallest absolute Gasteiger partial charge is 0.264 e. The number of carbonyl (C=O) groups is 1. The standard InChI is InChI=1S/C25H25Cl2N3O4S/c26-20-14-21(27)16-23(15-20)30(35(32,33)24-4-2-1-3-5-24)18-25(31)28-17-19-6-8-22(9-7-19)29-10-12-34-13-11-29/h1-9,14-16H,10-13,17-18H2,(H,28,31). The number of nitrogens with zero attached hydrogens (tertiary/aromatic N) is 2.